The Morgan fingerprint density at radius 3 is 2.28 bits per heavy atom. The lowest BCUT2D eigenvalue weighted by molar-refractivity contribution is 0.417. The highest BCUT2D eigenvalue weighted by Crippen LogP contribution is 2.37. The maximum atomic E-state index is 6.02. The van der Waals surface area contributed by atoms with Crippen LogP contribution in [0.5, 0.6) is 5.75 Å². The molecule has 0 aliphatic carbocycles. The highest BCUT2D eigenvalue weighted by molar-refractivity contribution is 9.11. The number of methoxy groups -OCH3 is 1. The summed E-state index contributed by atoms with van der Waals surface area (Å²) in [5.41, 5.74) is 8.35. The fourth-order valence-electron chi connectivity index (χ4n) is 1.58. The number of nitrogens with two attached hydrogens (primary N) is 1. The third kappa shape index (κ3) is 2.62. The number of hydrogen-bond donors (Lipinski definition) is 2. The van der Waals surface area contributed by atoms with Gasteiger partial charge in [-0.3, -0.25) is 0 Å². The number of anilines is 3. The highest BCUT2D eigenvalue weighted by Gasteiger charge is 2.09. The molecule has 94 valence electrons. The maximum Gasteiger partial charge on any atom is 0.143 e. The van der Waals surface area contributed by atoms with Gasteiger partial charge in [-0.05, 0) is 56.1 Å². The molecular weight excluding hydrogens is 360 g/mol. The molecule has 0 fully saturated rings. The zero-order chi connectivity index (χ0) is 13.1. The van der Waals surface area contributed by atoms with E-state index >= 15 is 0 Å². The van der Waals surface area contributed by atoms with Gasteiger partial charge in [0.05, 0.1) is 24.2 Å². The number of halogens is 2. The molecule has 2 rings (SSSR count). The van der Waals surface area contributed by atoms with Gasteiger partial charge in [0.25, 0.3) is 0 Å². The number of nitrogens with one attached hydrogen (secondary N) is 1. The largest absolute Gasteiger partial charge is 0.495 e. The molecule has 3 N–H and O–H groups in total. The van der Waals surface area contributed by atoms with Gasteiger partial charge in [-0.2, -0.15) is 0 Å². The normalized spacial score (nSPS) is 10.2. The molecule has 0 heterocycles. The number of para-hydroxylation sites is 2. The summed E-state index contributed by atoms with van der Waals surface area (Å²) in [6.07, 6.45) is 0. The lowest BCUT2D eigenvalue weighted by atomic mass is 10.2. The molecule has 0 aliphatic rings. The summed E-state index contributed by atoms with van der Waals surface area (Å²) in [7, 11) is 1.60. The average molecular weight is 372 g/mol. The fourth-order valence-corrected chi connectivity index (χ4v) is 2.78. The molecule has 3 nitrogen and oxygen atoms in total. The molecule has 0 unspecified atom stereocenters. The van der Waals surface area contributed by atoms with Gasteiger partial charge in [0.1, 0.15) is 5.75 Å². The van der Waals surface area contributed by atoms with Crippen molar-refractivity contribution in [2.24, 2.45) is 0 Å². The van der Waals surface area contributed by atoms with E-state index in [1.807, 2.05) is 36.4 Å². The molecule has 0 aromatic heterocycles. The highest BCUT2D eigenvalue weighted by atomic mass is 79.9. The Kier molecular flexibility index (Phi) is 4.14. The predicted molar refractivity (Wildman–Crippen MR) is 82.5 cm³/mol. The second-order valence-corrected chi connectivity index (χ2v) is 5.35. The van der Waals surface area contributed by atoms with Crippen LogP contribution < -0.4 is 15.8 Å². The summed E-state index contributed by atoms with van der Waals surface area (Å²) in [6, 6.07) is 11.5. The van der Waals surface area contributed by atoms with Gasteiger partial charge in [0.15, 0.2) is 0 Å². The van der Waals surface area contributed by atoms with Crippen LogP contribution >= 0.6 is 31.9 Å². The van der Waals surface area contributed by atoms with Crippen molar-refractivity contribution in [3.8, 4) is 5.75 Å². The van der Waals surface area contributed by atoms with Crippen LogP contribution in [0.25, 0.3) is 0 Å². The molecule has 2 aromatic carbocycles. The number of benzene rings is 2. The van der Waals surface area contributed by atoms with Crippen LogP contribution in [0, 0.1) is 0 Å². The van der Waals surface area contributed by atoms with Crippen molar-refractivity contribution < 1.29 is 4.74 Å². The van der Waals surface area contributed by atoms with Crippen LogP contribution in [0.2, 0.25) is 0 Å². The summed E-state index contributed by atoms with van der Waals surface area (Å²) in [5.74, 6) is 0.656. The minimum absolute atomic E-state index is 0.586. The summed E-state index contributed by atoms with van der Waals surface area (Å²) < 4.78 is 7.11. The molecule has 2 aromatic rings. The monoisotopic (exact) mass is 370 g/mol. The first-order valence-corrected chi connectivity index (χ1v) is 6.85. The van der Waals surface area contributed by atoms with Gasteiger partial charge in [-0.25, -0.2) is 0 Å². The smallest absolute Gasteiger partial charge is 0.143 e. The topological polar surface area (TPSA) is 47.3 Å². The van der Waals surface area contributed by atoms with Crippen molar-refractivity contribution in [2.75, 3.05) is 18.2 Å². The number of hydrogen-bond acceptors (Lipinski definition) is 3. The van der Waals surface area contributed by atoms with Gasteiger partial charge in [-0.1, -0.05) is 12.1 Å². The summed E-state index contributed by atoms with van der Waals surface area (Å²) in [6.45, 7) is 0. The molecule has 18 heavy (non-hydrogen) atoms. The van der Waals surface area contributed by atoms with E-state index in [4.69, 9.17) is 10.5 Å². The Morgan fingerprint density at radius 1 is 1.06 bits per heavy atom. The number of ether oxygens (including phenoxy) is 1. The maximum absolute atomic E-state index is 6.02. The molecular formula is C13H12Br2N2O. The summed E-state index contributed by atoms with van der Waals surface area (Å²) in [4.78, 5) is 0. The minimum Gasteiger partial charge on any atom is -0.495 e. The zero-order valence-corrected chi connectivity index (χ0v) is 12.9. The molecule has 0 aliphatic heterocycles. The van der Waals surface area contributed by atoms with E-state index in [0.717, 1.165) is 20.3 Å². The van der Waals surface area contributed by atoms with Gasteiger partial charge in [0, 0.05) is 8.95 Å². The molecule has 0 saturated carbocycles. The quantitative estimate of drug-likeness (QED) is 0.778. The fraction of sp³-hybridized carbons (Fsp3) is 0.0769. The van der Waals surface area contributed by atoms with Crippen LogP contribution in [0.1, 0.15) is 0 Å². The Bertz CT molecular complexity index is 553. The van der Waals surface area contributed by atoms with Gasteiger partial charge in [-0.15, -0.1) is 0 Å². The van der Waals surface area contributed by atoms with E-state index < -0.39 is 0 Å². The Morgan fingerprint density at radius 2 is 1.67 bits per heavy atom. The van der Waals surface area contributed by atoms with Crippen LogP contribution in [0.3, 0.4) is 0 Å². The van der Waals surface area contributed by atoms with Crippen molar-refractivity contribution >= 4 is 48.9 Å². The van der Waals surface area contributed by atoms with Crippen LogP contribution in [0.4, 0.5) is 17.1 Å². The second-order valence-electron chi connectivity index (χ2n) is 3.64. The van der Waals surface area contributed by atoms with Crippen molar-refractivity contribution in [1.29, 1.82) is 0 Å². The first-order valence-electron chi connectivity index (χ1n) is 5.27. The van der Waals surface area contributed by atoms with Crippen LogP contribution in [-0.2, 0) is 0 Å². The van der Waals surface area contributed by atoms with Crippen molar-refractivity contribution in [1.82, 2.24) is 0 Å². The van der Waals surface area contributed by atoms with Gasteiger partial charge < -0.3 is 15.8 Å². The number of nitrogen functional groups attached to an aromatic ring is 1. The molecule has 0 atom stereocenters. The van der Waals surface area contributed by atoms with Crippen LogP contribution in [0.15, 0.2) is 45.3 Å². The summed E-state index contributed by atoms with van der Waals surface area (Å²) in [5, 5.41) is 3.28. The number of rotatable bonds is 3. The third-order valence-corrected chi connectivity index (χ3v) is 3.83. The average Bonchev–Trinajstić information content (AvgIpc) is 2.36. The minimum atomic E-state index is 0.586. The first kappa shape index (κ1) is 13.2. The zero-order valence-electron chi connectivity index (χ0n) is 9.71. The Balaban J connectivity index is 2.40. The summed E-state index contributed by atoms with van der Waals surface area (Å²) >= 11 is 7.00. The standard InChI is InChI=1S/C13H12Br2N2O/c1-18-11-7-3-6-10(12(11)16)17-13-8(14)4-2-5-9(13)15/h2-7,17H,16H2,1H3. The Labute approximate surface area is 123 Å². The van der Waals surface area contributed by atoms with Crippen LogP contribution in [-0.4, -0.2) is 7.11 Å². The van der Waals surface area contributed by atoms with E-state index in [2.05, 4.69) is 37.2 Å². The molecule has 0 amide bonds. The molecule has 0 radical (unpaired) electrons. The van der Waals surface area contributed by atoms with Crippen molar-refractivity contribution in [3.05, 3.63) is 45.3 Å². The van der Waals surface area contributed by atoms with Crippen molar-refractivity contribution in [2.45, 2.75) is 0 Å². The van der Waals surface area contributed by atoms with E-state index in [-0.39, 0.29) is 0 Å². The van der Waals surface area contributed by atoms with Gasteiger partial charge in [0.2, 0.25) is 0 Å². The first-order chi connectivity index (χ1) is 8.63. The second kappa shape index (κ2) is 5.63. The van der Waals surface area contributed by atoms with Gasteiger partial charge >= 0.3 is 0 Å². The predicted octanol–water partition coefficient (Wildman–Crippen LogP) is 4.55. The lowest BCUT2D eigenvalue weighted by Crippen LogP contribution is -1.99. The third-order valence-electron chi connectivity index (χ3n) is 2.51. The van der Waals surface area contributed by atoms with E-state index in [1.54, 1.807) is 7.11 Å². The van der Waals surface area contributed by atoms with E-state index in [0.29, 0.717) is 11.4 Å². The van der Waals surface area contributed by atoms with E-state index in [1.165, 1.54) is 0 Å². The lowest BCUT2D eigenvalue weighted by Gasteiger charge is -2.14. The molecule has 5 heteroatoms. The Hall–Kier alpha value is -1.20. The SMILES string of the molecule is COc1cccc(Nc2c(Br)cccc2Br)c1N. The van der Waals surface area contributed by atoms with Crippen molar-refractivity contribution in [3.63, 3.8) is 0 Å². The molecule has 0 saturated heterocycles. The van der Waals surface area contributed by atoms with E-state index in [9.17, 15) is 0 Å². The molecule has 0 spiro atoms. The molecule has 0 bridgehead atoms.